The number of hydrogen-bond donors (Lipinski definition) is 1. The second-order valence-electron chi connectivity index (χ2n) is 4.16. The van der Waals surface area contributed by atoms with Gasteiger partial charge in [0.05, 0.1) is 5.92 Å². The number of carbonyl (C=O) groups excluding carboxylic acids is 1. The summed E-state index contributed by atoms with van der Waals surface area (Å²) >= 11 is -0.780. The molecule has 0 spiro atoms. The van der Waals surface area contributed by atoms with Crippen LogP contribution in [0.4, 0.5) is 22.0 Å². The zero-order valence-corrected chi connectivity index (χ0v) is 10.7. The Hall–Kier alpha value is -0.650. The molecule has 0 saturated heterocycles. The molecular formula is C9H11F5O5S. The molecule has 0 aromatic rings. The van der Waals surface area contributed by atoms with Gasteiger partial charge in [0, 0.05) is 0 Å². The number of esters is 1. The molecule has 1 aliphatic rings. The van der Waals surface area contributed by atoms with Crippen molar-refractivity contribution >= 4 is 18.0 Å². The van der Waals surface area contributed by atoms with Crippen molar-refractivity contribution in [2.45, 2.75) is 43.2 Å². The largest absolute Gasteiger partial charge is 0.457 e. The third-order valence-corrected chi connectivity index (χ3v) is 3.32. The number of alkyl halides is 5. The highest BCUT2D eigenvalue weighted by atomic mass is 32.2. The van der Waals surface area contributed by atoms with Gasteiger partial charge in [-0.3, -0.25) is 0 Å². The lowest BCUT2D eigenvalue weighted by Crippen LogP contribution is -2.35. The molecule has 0 radical (unpaired) electrons. The normalized spacial score (nSPS) is 24.5. The van der Waals surface area contributed by atoms with Gasteiger partial charge in [-0.1, -0.05) is 5.04 Å². The smallest absolute Gasteiger partial charge is 0.415 e. The van der Waals surface area contributed by atoms with Crippen molar-refractivity contribution in [1.82, 2.24) is 0 Å². The molecule has 5 nitrogen and oxygen atoms in total. The van der Waals surface area contributed by atoms with E-state index in [9.17, 15) is 26.7 Å². The van der Waals surface area contributed by atoms with Gasteiger partial charge < -0.3 is 4.74 Å². The molecule has 11 heteroatoms. The van der Waals surface area contributed by atoms with Crippen LogP contribution < -0.4 is 0 Å². The highest BCUT2D eigenvalue weighted by Crippen LogP contribution is 2.39. The van der Waals surface area contributed by atoms with E-state index in [0.29, 0.717) is 0 Å². The zero-order chi connectivity index (χ0) is 15.4. The van der Waals surface area contributed by atoms with Gasteiger partial charge in [-0.25, -0.2) is 10.1 Å². The summed E-state index contributed by atoms with van der Waals surface area (Å²) in [7, 11) is 0. The van der Waals surface area contributed by atoms with Gasteiger partial charge in [0.15, 0.2) is 0 Å². The fraction of sp³-hybridized carbons (Fsp3) is 0.889. The fourth-order valence-electron chi connectivity index (χ4n) is 1.82. The Morgan fingerprint density at radius 2 is 1.65 bits per heavy atom. The maximum atomic E-state index is 13.0. The Bertz CT molecular complexity index is 329. The van der Waals surface area contributed by atoms with Crippen LogP contribution in [0.3, 0.4) is 0 Å². The van der Waals surface area contributed by atoms with Gasteiger partial charge in [-0.05, 0) is 25.7 Å². The average molecular weight is 326 g/mol. The predicted molar refractivity (Wildman–Crippen MR) is 55.2 cm³/mol. The highest BCUT2D eigenvalue weighted by molar-refractivity contribution is 7.96. The summed E-state index contributed by atoms with van der Waals surface area (Å²) in [6, 6.07) is 0. The van der Waals surface area contributed by atoms with E-state index in [0.717, 1.165) is 0 Å². The molecule has 0 atom stereocenters. The molecule has 1 N–H and O–H groups in total. The number of rotatable bonds is 5. The molecule has 1 aliphatic carbocycles. The van der Waals surface area contributed by atoms with Crippen LogP contribution in [0.2, 0.25) is 0 Å². The molecule has 1 fully saturated rings. The van der Waals surface area contributed by atoms with Crippen molar-refractivity contribution in [3.05, 3.63) is 0 Å². The van der Waals surface area contributed by atoms with Gasteiger partial charge in [-0.15, -0.1) is 4.33 Å². The lowest BCUT2D eigenvalue weighted by atomic mass is 9.87. The van der Waals surface area contributed by atoms with Crippen molar-refractivity contribution in [2.24, 2.45) is 5.92 Å². The number of ether oxygens (including phenoxy) is 1. The van der Waals surface area contributed by atoms with Crippen LogP contribution in [0.15, 0.2) is 0 Å². The topological polar surface area (TPSA) is 65.0 Å². The summed E-state index contributed by atoms with van der Waals surface area (Å²) in [5, 5.41) is 6.49. The third-order valence-electron chi connectivity index (χ3n) is 2.82. The van der Waals surface area contributed by atoms with E-state index < -0.39 is 41.5 Å². The lowest BCUT2D eigenvalue weighted by molar-refractivity contribution is -0.433. The summed E-state index contributed by atoms with van der Waals surface area (Å²) < 4.78 is 71.0. The van der Waals surface area contributed by atoms with Crippen molar-refractivity contribution in [3.8, 4) is 0 Å². The Morgan fingerprint density at radius 3 is 2.10 bits per heavy atom. The average Bonchev–Trinajstić information content (AvgIpc) is 2.36. The molecule has 1 saturated carbocycles. The molecular weight excluding hydrogens is 315 g/mol. The van der Waals surface area contributed by atoms with E-state index in [1.54, 1.807) is 0 Å². The Balaban J connectivity index is 2.42. The Morgan fingerprint density at radius 1 is 1.10 bits per heavy atom. The summed E-state index contributed by atoms with van der Waals surface area (Å²) in [6.45, 7) is 0. The van der Waals surface area contributed by atoms with Crippen molar-refractivity contribution < 1.29 is 46.1 Å². The van der Waals surface area contributed by atoms with E-state index in [1.165, 1.54) is 0 Å². The van der Waals surface area contributed by atoms with Crippen LogP contribution in [0.1, 0.15) is 25.7 Å². The van der Waals surface area contributed by atoms with Gasteiger partial charge in [0.1, 0.15) is 18.1 Å². The van der Waals surface area contributed by atoms with Crippen LogP contribution in [0, 0.1) is 5.92 Å². The van der Waals surface area contributed by atoms with Crippen LogP contribution in [-0.2, 0) is 18.9 Å². The molecule has 0 heterocycles. The van der Waals surface area contributed by atoms with E-state index in [-0.39, 0.29) is 25.7 Å². The molecule has 0 aromatic carbocycles. The lowest BCUT2D eigenvalue weighted by Gasteiger charge is -2.30. The van der Waals surface area contributed by atoms with Crippen LogP contribution in [0.5, 0.6) is 0 Å². The maximum Gasteiger partial charge on any atom is 0.415 e. The van der Waals surface area contributed by atoms with E-state index in [4.69, 9.17) is 5.26 Å². The van der Waals surface area contributed by atoms with Crippen LogP contribution in [0.25, 0.3) is 0 Å². The van der Waals surface area contributed by atoms with E-state index in [2.05, 4.69) is 14.1 Å². The molecule has 0 aliphatic heterocycles. The molecule has 20 heavy (non-hydrogen) atoms. The van der Waals surface area contributed by atoms with Crippen LogP contribution in [-0.4, -0.2) is 28.8 Å². The first kappa shape index (κ1) is 17.4. The second kappa shape index (κ2) is 6.87. The third kappa shape index (κ3) is 5.04. The molecule has 0 unspecified atom stereocenters. The minimum atomic E-state index is -4.33. The standard InChI is InChI=1S/C9H11F5O5S/c10-8(11,12)5-1-3-6(4-2-5)17-7(15)9(13,14)20-19-18-16/h5-6,16H,1-4H2. The predicted octanol–water partition coefficient (Wildman–Crippen LogP) is 3.31. The minimum absolute atomic E-state index is 0.145. The number of hydrogen-bond acceptors (Lipinski definition) is 6. The monoisotopic (exact) mass is 326 g/mol. The van der Waals surface area contributed by atoms with Gasteiger partial charge in [-0.2, -0.15) is 22.0 Å². The maximum absolute atomic E-state index is 13.0. The Kier molecular flexibility index (Phi) is 5.98. The van der Waals surface area contributed by atoms with Crippen molar-refractivity contribution in [2.75, 3.05) is 0 Å². The summed E-state index contributed by atoms with van der Waals surface area (Å²) in [5.74, 6) is -3.46. The van der Waals surface area contributed by atoms with Gasteiger partial charge in [0.25, 0.3) is 0 Å². The summed E-state index contributed by atoms with van der Waals surface area (Å²) in [5.41, 5.74) is 0. The summed E-state index contributed by atoms with van der Waals surface area (Å²) in [6.07, 6.45) is -6.18. The number of carbonyl (C=O) groups is 1. The first-order valence-electron chi connectivity index (χ1n) is 5.48. The summed E-state index contributed by atoms with van der Waals surface area (Å²) in [4.78, 5) is 11.1. The molecule has 1 rings (SSSR count). The molecule has 0 amide bonds. The van der Waals surface area contributed by atoms with E-state index >= 15 is 0 Å². The van der Waals surface area contributed by atoms with Crippen molar-refractivity contribution in [1.29, 1.82) is 0 Å². The Labute approximate surface area is 114 Å². The van der Waals surface area contributed by atoms with E-state index in [1.807, 2.05) is 0 Å². The highest BCUT2D eigenvalue weighted by Gasteiger charge is 2.47. The van der Waals surface area contributed by atoms with Gasteiger partial charge in [0.2, 0.25) is 0 Å². The number of halogens is 5. The van der Waals surface area contributed by atoms with Gasteiger partial charge >= 0.3 is 17.4 Å². The minimum Gasteiger partial charge on any atom is -0.457 e. The first-order valence-corrected chi connectivity index (χ1v) is 6.22. The van der Waals surface area contributed by atoms with Crippen molar-refractivity contribution in [3.63, 3.8) is 0 Å². The first-order chi connectivity index (χ1) is 9.16. The molecule has 0 bridgehead atoms. The van der Waals surface area contributed by atoms with Crippen LogP contribution >= 0.6 is 12.0 Å². The second-order valence-corrected chi connectivity index (χ2v) is 4.98. The quantitative estimate of drug-likeness (QED) is 0.275. The zero-order valence-electron chi connectivity index (χ0n) is 9.86. The molecule has 118 valence electrons. The molecule has 0 aromatic heterocycles. The fourth-order valence-corrected chi connectivity index (χ4v) is 2.05. The SMILES string of the molecule is O=C(OC1CCC(C(F)(F)F)CC1)C(F)(F)SOOO.